The molecule has 0 bridgehead atoms. The lowest BCUT2D eigenvalue weighted by atomic mass is 10.2. The highest BCUT2D eigenvalue weighted by Crippen LogP contribution is 2.11. The highest BCUT2D eigenvalue weighted by atomic mass is 16.5. The lowest BCUT2D eigenvalue weighted by Crippen LogP contribution is -2.30. The van der Waals surface area contributed by atoms with E-state index in [1.807, 2.05) is 13.8 Å². The molecule has 0 saturated heterocycles. The predicted molar refractivity (Wildman–Crippen MR) is 74.2 cm³/mol. The fourth-order valence-corrected chi connectivity index (χ4v) is 1.72. The van der Waals surface area contributed by atoms with E-state index in [4.69, 9.17) is 0 Å². The van der Waals surface area contributed by atoms with Gasteiger partial charge in [-0.2, -0.15) is 0 Å². The fourth-order valence-electron chi connectivity index (χ4n) is 1.72. The first-order valence-corrected chi connectivity index (χ1v) is 6.28. The van der Waals surface area contributed by atoms with E-state index in [9.17, 15) is 9.59 Å². The number of rotatable bonds is 6. The van der Waals surface area contributed by atoms with Gasteiger partial charge in [0.2, 0.25) is 5.91 Å². The number of benzene rings is 1. The molecule has 5 heteroatoms. The molecule has 0 heterocycles. The summed E-state index contributed by atoms with van der Waals surface area (Å²) in [6.07, 6.45) is 0.409. The van der Waals surface area contributed by atoms with Crippen LogP contribution in [0.3, 0.4) is 0 Å². The highest BCUT2D eigenvalue weighted by molar-refractivity contribution is 5.93. The van der Waals surface area contributed by atoms with Crippen LogP contribution in [-0.4, -0.2) is 31.6 Å². The Balaban J connectivity index is 2.53. The molecule has 1 aromatic rings. The van der Waals surface area contributed by atoms with Gasteiger partial charge < -0.3 is 15.4 Å². The summed E-state index contributed by atoms with van der Waals surface area (Å²) in [4.78, 5) is 23.0. The molecule has 0 fully saturated rings. The van der Waals surface area contributed by atoms with Crippen LogP contribution in [0.4, 0.5) is 5.69 Å². The number of hydrogen-bond donors (Lipinski definition) is 2. The van der Waals surface area contributed by atoms with Crippen molar-refractivity contribution in [1.82, 2.24) is 5.32 Å². The van der Waals surface area contributed by atoms with Gasteiger partial charge in [0.25, 0.3) is 0 Å². The summed E-state index contributed by atoms with van der Waals surface area (Å²) in [5.41, 5.74) is 1.13. The maximum Gasteiger partial charge on any atom is 0.337 e. The van der Waals surface area contributed by atoms with Crippen LogP contribution >= 0.6 is 0 Å². The summed E-state index contributed by atoms with van der Waals surface area (Å²) in [5.74, 6) is -0.446. The van der Waals surface area contributed by atoms with Crippen LogP contribution in [0.25, 0.3) is 0 Å². The molecule has 0 radical (unpaired) electrons. The minimum absolute atomic E-state index is 0.0562. The Labute approximate surface area is 113 Å². The van der Waals surface area contributed by atoms with E-state index in [1.54, 1.807) is 24.3 Å². The third kappa shape index (κ3) is 5.09. The zero-order valence-electron chi connectivity index (χ0n) is 11.5. The normalized spacial score (nSPS) is 11.7. The van der Waals surface area contributed by atoms with Crippen molar-refractivity contribution in [3.63, 3.8) is 0 Å². The molecule has 19 heavy (non-hydrogen) atoms. The summed E-state index contributed by atoms with van der Waals surface area (Å²) >= 11 is 0. The Morgan fingerprint density at radius 1 is 1.26 bits per heavy atom. The summed E-state index contributed by atoms with van der Waals surface area (Å²) < 4.78 is 4.60. The van der Waals surface area contributed by atoms with Gasteiger partial charge in [-0.15, -0.1) is 0 Å². The average molecular weight is 264 g/mol. The lowest BCUT2D eigenvalue weighted by Gasteiger charge is -2.12. The molecule has 5 nitrogen and oxygen atoms in total. The number of carbonyl (C=O) groups excluding carboxylic acids is 2. The second kappa shape index (κ2) is 7.53. The van der Waals surface area contributed by atoms with Gasteiger partial charge in [0.05, 0.1) is 12.7 Å². The first kappa shape index (κ1) is 15.2. The molecule has 0 spiro atoms. The molecule has 1 amide bonds. The van der Waals surface area contributed by atoms with Gasteiger partial charge in [-0.3, -0.25) is 4.79 Å². The van der Waals surface area contributed by atoms with Crippen LogP contribution < -0.4 is 10.6 Å². The number of anilines is 1. The Kier molecular flexibility index (Phi) is 6.02. The fraction of sp³-hybridized carbons (Fsp3) is 0.429. The van der Waals surface area contributed by atoms with E-state index in [0.29, 0.717) is 17.7 Å². The topological polar surface area (TPSA) is 67.4 Å². The maximum atomic E-state index is 11.7. The van der Waals surface area contributed by atoms with Gasteiger partial charge in [0.15, 0.2) is 0 Å². The number of esters is 1. The predicted octanol–water partition coefficient (Wildman–Crippen LogP) is 1.80. The molecule has 0 aliphatic heterocycles. The van der Waals surface area contributed by atoms with Gasteiger partial charge in [-0.05, 0) is 37.7 Å². The molecule has 0 saturated carbocycles. The molecule has 1 aromatic carbocycles. The summed E-state index contributed by atoms with van der Waals surface area (Å²) in [7, 11) is 1.33. The Morgan fingerprint density at radius 2 is 1.89 bits per heavy atom. The van der Waals surface area contributed by atoms with Crippen molar-refractivity contribution in [3.05, 3.63) is 29.8 Å². The average Bonchev–Trinajstić information content (AvgIpc) is 2.38. The van der Waals surface area contributed by atoms with Crippen molar-refractivity contribution in [3.8, 4) is 0 Å². The van der Waals surface area contributed by atoms with Crippen molar-refractivity contribution >= 4 is 17.6 Å². The van der Waals surface area contributed by atoms with E-state index in [1.165, 1.54) is 7.11 Å². The Hall–Kier alpha value is -1.88. The summed E-state index contributed by atoms with van der Waals surface area (Å²) in [6, 6.07) is 6.74. The Bertz CT molecular complexity index is 429. The number of hydrogen-bond acceptors (Lipinski definition) is 4. The second-order valence-electron chi connectivity index (χ2n) is 4.28. The molecule has 0 aromatic heterocycles. The van der Waals surface area contributed by atoms with Crippen molar-refractivity contribution in [2.75, 3.05) is 19.0 Å². The number of amides is 1. The van der Waals surface area contributed by atoms with Crippen LogP contribution in [0.15, 0.2) is 24.3 Å². The highest BCUT2D eigenvalue weighted by Gasteiger charge is 2.09. The molecule has 0 aliphatic rings. The third-order valence-electron chi connectivity index (χ3n) is 2.63. The van der Waals surface area contributed by atoms with Crippen LogP contribution in [0, 0.1) is 0 Å². The molecular formula is C14H20N2O3. The number of ether oxygens (including phenoxy) is 1. The smallest absolute Gasteiger partial charge is 0.337 e. The third-order valence-corrected chi connectivity index (χ3v) is 2.63. The van der Waals surface area contributed by atoms with Crippen LogP contribution in [0.1, 0.15) is 30.6 Å². The minimum atomic E-state index is -0.390. The van der Waals surface area contributed by atoms with E-state index in [2.05, 4.69) is 15.4 Å². The number of carbonyl (C=O) groups is 2. The van der Waals surface area contributed by atoms with Gasteiger partial charge in [-0.1, -0.05) is 6.92 Å². The Morgan fingerprint density at radius 3 is 2.42 bits per heavy atom. The second-order valence-corrected chi connectivity index (χ2v) is 4.28. The zero-order valence-corrected chi connectivity index (χ0v) is 11.5. The molecule has 1 unspecified atom stereocenters. The number of nitrogens with one attached hydrogen (secondary N) is 2. The van der Waals surface area contributed by atoms with Gasteiger partial charge in [0, 0.05) is 18.2 Å². The van der Waals surface area contributed by atoms with Crippen molar-refractivity contribution < 1.29 is 14.3 Å². The molecule has 1 atom stereocenters. The van der Waals surface area contributed by atoms with Gasteiger partial charge >= 0.3 is 5.97 Å². The van der Waals surface area contributed by atoms with Crippen LogP contribution in [0.2, 0.25) is 0 Å². The quantitative estimate of drug-likeness (QED) is 0.769. The molecule has 0 aliphatic carbocycles. The largest absolute Gasteiger partial charge is 0.465 e. The summed E-state index contributed by atoms with van der Waals surface area (Å²) in [5, 5.41) is 5.96. The zero-order chi connectivity index (χ0) is 14.3. The van der Waals surface area contributed by atoms with E-state index in [-0.39, 0.29) is 11.9 Å². The molecular weight excluding hydrogens is 244 g/mol. The molecule has 2 N–H and O–H groups in total. The van der Waals surface area contributed by atoms with Crippen molar-refractivity contribution in [2.45, 2.75) is 26.3 Å². The van der Waals surface area contributed by atoms with E-state index < -0.39 is 5.97 Å². The first-order chi connectivity index (χ1) is 9.06. The monoisotopic (exact) mass is 264 g/mol. The van der Waals surface area contributed by atoms with Gasteiger partial charge in [0.1, 0.15) is 0 Å². The first-order valence-electron chi connectivity index (χ1n) is 6.28. The SMILES string of the molecule is CCNC(C)CC(=O)Nc1ccc(C(=O)OC)cc1. The molecule has 1 rings (SSSR count). The van der Waals surface area contributed by atoms with Gasteiger partial charge in [-0.25, -0.2) is 4.79 Å². The minimum Gasteiger partial charge on any atom is -0.465 e. The van der Waals surface area contributed by atoms with Crippen molar-refractivity contribution in [1.29, 1.82) is 0 Å². The van der Waals surface area contributed by atoms with E-state index >= 15 is 0 Å². The standard InChI is InChI=1S/C14H20N2O3/c1-4-15-10(2)9-13(17)16-12-7-5-11(6-8-12)14(18)19-3/h5-8,10,15H,4,9H2,1-3H3,(H,16,17). The van der Waals surface area contributed by atoms with E-state index in [0.717, 1.165) is 6.54 Å². The number of methoxy groups -OCH3 is 1. The van der Waals surface area contributed by atoms with Crippen LogP contribution in [-0.2, 0) is 9.53 Å². The van der Waals surface area contributed by atoms with Crippen LogP contribution in [0.5, 0.6) is 0 Å². The lowest BCUT2D eigenvalue weighted by molar-refractivity contribution is -0.116. The maximum absolute atomic E-state index is 11.7. The summed E-state index contributed by atoms with van der Waals surface area (Å²) in [6.45, 7) is 4.80. The van der Waals surface area contributed by atoms with Crippen molar-refractivity contribution in [2.24, 2.45) is 0 Å². The molecule has 104 valence electrons.